The summed E-state index contributed by atoms with van der Waals surface area (Å²) in [5.41, 5.74) is 0. The van der Waals surface area contributed by atoms with E-state index in [9.17, 15) is 9.59 Å². The largest absolute Gasteiger partial charge is 0.481 e. The molecule has 1 amide bonds. The third-order valence-corrected chi connectivity index (χ3v) is 2.91. The molecule has 0 aromatic rings. The molecule has 1 heterocycles. The van der Waals surface area contributed by atoms with Gasteiger partial charge in [0.25, 0.3) is 0 Å². The van der Waals surface area contributed by atoms with E-state index in [0.29, 0.717) is 13.0 Å². The highest BCUT2D eigenvalue weighted by Crippen LogP contribution is 2.07. The van der Waals surface area contributed by atoms with Gasteiger partial charge in [-0.1, -0.05) is 6.92 Å². The molecule has 86 valence electrons. The zero-order valence-electron chi connectivity index (χ0n) is 9.12. The van der Waals surface area contributed by atoms with Crippen LogP contribution in [0.3, 0.4) is 0 Å². The SMILES string of the molecule is CC(NCC1CCC(=O)N1)C(C)C(=O)O. The Hall–Kier alpha value is -1.10. The predicted octanol–water partition coefficient (Wildman–Crippen LogP) is -0.0362. The highest BCUT2D eigenvalue weighted by molar-refractivity contribution is 5.78. The van der Waals surface area contributed by atoms with E-state index in [4.69, 9.17) is 5.11 Å². The number of carboxylic acid groups (broad SMARTS) is 1. The number of aliphatic carboxylic acids is 1. The molecule has 1 aliphatic rings. The lowest BCUT2D eigenvalue weighted by Gasteiger charge is -2.20. The Kier molecular flexibility index (Phi) is 4.08. The van der Waals surface area contributed by atoms with Crippen molar-refractivity contribution in [1.29, 1.82) is 0 Å². The Morgan fingerprint density at radius 2 is 2.33 bits per heavy atom. The summed E-state index contributed by atoms with van der Waals surface area (Å²) in [5.74, 6) is -1.13. The molecule has 1 aliphatic heterocycles. The maximum Gasteiger partial charge on any atom is 0.307 e. The minimum Gasteiger partial charge on any atom is -0.481 e. The fourth-order valence-electron chi connectivity index (χ4n) is 1.55. The van der Waals surface area contributed by atoms with Crippen LogP contribution in [0, 0.1) is 5.92 Å². The summed E-state index contributed by atoms with van der Waals surface area (Å²) < 4.78 is 0. The van der Waals surface area contributed by atoms with E-state index >= 15 is 0 Å². The number of carbonyl (C=O) groups is 2. The molecular weight excluding hydrogens is 196 g/mol. The molecule has 1 saturated heterocycles. The van der Waals surface area contributed by atoms with Gasteiger partial charge >= 0.3 is 5.97 Å². The summed E-state index contributed by atoms with van der Waals surface area (Å²) in [6.07, 6.45) is 1.41. The molecule has 5 heteroatoms. The summed E-state index contributed by atoms with van der Waals surface area (Å²) in [5, 5.41) is 14.7. The van der Waals surface area contributed by atoms with E-state index in [1.165, 1.54) is 0 Å². The second kappa shape index (κ2) is 5.11. The summed E-state index contributed by atoms with van der Waals surface area (Å²) >= 11 is 0. The number of carboxylic acids is 1. The molecule has 0 spiro atoms. The smallest absolute Gasteiger partial charge is 0.307 e. The molecule has 1 fully saturated rings. The van der Waals surface area contributed by atoms with Gasteiger partial charge in [-0.2, -0.15) is 0 Å². The van der Waals surface area contributed by atoms with Crippen LogP contribution in [0.25, 0.3) is 0 Å². The fourth-order valence-corrected chi connectivity index (χ4v) is 1.55. The molecule has 3 unspecified atom stereocenters. The first-order valence-corrected chi connectivity index (χ1v) is 5.26. The normalized spacial score (nSPS) is 24.7. The maximum absolute atomic E-state index is 10.9. The van der Waals surface area contributed by atoms with Gasteiger partial charge in [0, 0.05) is 25.0 Å². The zero-order chi connectivity index (χ0) is 11.4. The van der Waals surface area contributed by atoms with Crippen molar-refractivity contribution in [2.45, 2.75) is 38.8 Å². The monoisotopic (exact) mass is 214 g/mol. The van der Waals surface area contributed by atoms with Crippen LogP contribution in [0.4, 0.5) is 0 Å². The van der Waals surface area contributed by atoms with Crippen LogP contribution in [0.1, 0.15) is 26.7 Å². The molecule has 0 radical (unpaired) electrons. The average Bonchev–Trinajstić information content (AvgIpc) is 2.59. The van der Waals surface area contributed by atoms with Crippen molar-refractivity contribution in [1.82, 2.24) is 10.6 Å². The average molecular weight is 214 g/mol. The van der Waals surface area contributed by atoms with E-state index < -0.39 is 11.9 Å². The van der Waals surface area contributed by atoms with Gasteiger partial charge in [0.1, 0.15) is 0 Å². The van der Waals surface area contributed by atoms with Crippen LogP contribution in [-0.4, -0.2) is 35.6 Å². The number of amides is 1. The summed E-state index contributed by atoms with van der Waals surface area (Å²) in [4.78, 5) is 21.6. The van der Waals surface area contributed by atoms with Crippen molar-refractivity contribution in [2.24, 2.45) is 5.92 Å². The molecule has 15 heavy (non-hydrogen) atoms. The Bertz CT molecular complexity index is 255. The van der Waals surface area contributed by atoms with Crippen molar-refractivity contribution >= 4 is 11.9 Å². The van der Waals surface area contributed by atoms with Gasteiger partial charge in [-0.25, -0.2) is 0 Å². The molecule has 0 saturated carbocycles. The number of hydrogen-bond acceptors (Lipinski definition) is 3. The fraction of sp³-hybridized carbons (Fsp3) is 0.800. The van der Waals surface area contributed by atoms with Crippen LogP contribution in [-0.2, 0) is 9.59 Å². The summed E-state index contributed by atoms with van der Waals surface area (Å²) in [7, 11) is 0. The maximum atomic E-state index is 10.9. The van der Waals surface area contributed by atoms with Gasteiger partial charge in [-0.15, -0.1) is 0 Å². The molecule has 3 atom stereocenters. The number of carbonyl (C=O) groups excluding carboxylic acids is 1. The second-order valence-electron chi connectivity index (χ2n) is 4.13. The van der Waals surface area contributed by atoms with E-state index in [0.717, 1.165) is 6.42 Å². The van der Waals surface area contributed by atoms with Crippen molar-refractivity contribution in [3.8, 4) is 0 Å². The zero-order valence-corrected chi connectivity index (χ0v) is 9.12. The van der Waals surface area contributed by atoms with Crippen molar-refractivity contribution in [3.63, 3.8) is 0 Å². The highest BCUT2D eigenvalue weighted by atomic mass is 16.4. The minimum absolute atomic E-state index is 0.0833. The Morgan fingerprint density at radius 1 is 1.67 bits per heavy atom. The summed E-state index contributed by atoms with van der Waals surface area (Å²) in [6.45, 7) is 4.16. The van der Waals surface area contributed by atoms with Crippen molar-refractivity contribution in [3.05, 3.63) is 0 Å². The van der Waals surface area contributed by atoms with Crippen molar-refractivity contribution < 1.29 is 14.7 Å². The molecule has 1 rings (SSSR count). The topological polar surface area (TPSA) is 78.4 Å². The third kappa shape index (κ3) is 3.51. The van der Waals surface area contributed by atoms with Gasteiger partial charge < -0.3 is 15.7 Å². The van der Waals surface area contributed by atoms with Crippen LogP contribution in [0.15, 0.2) is 0 Å². The molecule has 0 bridgehead atoms. The molecule has 0 aliphatic carbocycles. The van der Waals surface area contributed by atoms with Crippen LogP contribution >= 0.6 is 0 Å². The van der Waals surface area contributed by atoms with Gasteiger partial charge in [0.05, 0.1) is 5.92 Å². The van der Waals surface area contributed by atoms with E-state index in [2.05, 4.69) is 10.6 Å². The molecular formula is C10H18N2O3. The summed E-state index contributed by atoms with van der Waals surface area (Å²) in [6, 6.07) is 0.0703. The number of hydrogen-bond donors (Lipinski definition) is 3. The first kappa shape index (κ1) is 12.0. The number of rotatable bonds is 5. The quantitative estimate of drug-likeness (QED) is 0.600. The van der Waals surface area contributed by atoms with Gasteiger partial charge in [-0.3, -0.25) is 9.59 Å². The molecule has 0 aromatic carbocycles. The van der Waals surface area contributed by atoms with Crippen LogP contribution < -0.4 is 10.6 Å². The molecule has 0 aromatic heterocycles. The second-order valence-corrected chi connectivity index (χ2v) is 4.13. The molecule has 3 N–H and O–H groups in total. The standard InChI is InChI=1S/C10H18N2O3/c1-6(10(14)15)7(2)11-5-8-3-4-9(13)12-8/h6-8,11H,3-5H2,1-2H3,(H,12,13)(H,14,15). The minimum atomic E-state index is -0.801. The van der Waals surface area contributed by atoms with Crippen molar-refractivity contribution in [2.75, 3.05) is 6.54 Å². The molecule has 5 nitrogen and oxygen atoms in total. The first-order valence-electron chi connectivity index (χ1n) is 5.26. The Balaban J connectivity index is 2.24. The highest BCUT2D eigenvalue weighted by Gasteiger charge is 2.23. The predicted molar refractivity (Wildman–Crippen MR) is 55.4 cm³/mol. The van der Waals surface area contributed by atoms with Gasteiger partial charge in [-0.05, 0) is 13.3 Å². The first-order chi connectivity index (χ1) is 7.00. The van der Waals surface area contributed by atoms with Crippen LogP contribution in [0.5, 0.6) is 0 Å². The third-order valence-electron chi connectivity index (χ3n) is 2.91. The Morgan fingerprint density at radius 3 is 2.80 bits per heavy atom. The number of nitrogens with one attached hydrogen (secondary N) is 2. The van der Waals surface area contributed by atoms with Gasteiger partial charge in [0.2, 0.25) is 5.91 Å². The van der Waals surface area contributed by atoms with Gasteiger partial charge in [0.15, 0.2) is 0 Å². The lowest BCUT2D eigenvalue weighted by molar-refractivity contribution is -0.142. The lowest BCUT2D eigenvalue weighted by Crippen LogP contribution is -2.43. The van der Waals surface area contributed by atoms with E-state index in [-0.39, 0.29) is 18.0 Å². The lowest BCUT2D eigenvalue weighted by atomic mass is 10.0. The Labute approximate surface area is 89.2 Å². The van der Waals surface area contributed by atoms with Crippen LogP contribution in [0.2, 0.25) is 0 Å². The van der Waals surface area contributed by atoms with E-state index in [1.54, 1.807) is 6.92 Å². The van der Waals surface area contributed by atoms with E-state index in [1.807, 2.05) is 6.92 Å².